The molecule has 430 valence electrons. The minimum absolute atomic E-state index is 0.0210. The van der Waals surface area contributed by atoms with E-state index in [1.807, 2.05) is 21.1 Å². The van der Waals surface area contributed by atoms with Gasteiger partial charge in [-0.05, 0) is 64.2 Å². The molecule has 2 atom stereocenters. The molecule has 0 rings (SSSR count). The maximum absolute atomic E-state index is 12.8. The first kappa shape index (κ1) is 71.5. The number of unbranched alkanes of at least 4 members (excludes halogenated alkanes) is 30. The number of quaternary nitrogens is 1. The second-order valence-electron chi connectivity index (χ2n) is 21.7. The number of ether oxygens (including phenoxy) is 2. The summed E-state index contributed by atoms with van der Waals surface area (Å²) in [7, 11) is 1.45. The van der Waals surface area contributed by atoms with Gasteiger partial charge >= 0.3 is 19.8 Å². The Hall–Kier alpha value is -2.55. The summed E-state index contributed by atoms with van der Waals surface area (Å²) in [5, 5.41) is 0. The number of hydrogen-bond donors (Lipinski definition) is 1. The highest BCUT2D eigenvalue weighted by Crippen LogP contribution is 2.43. The molecule has 0 saturated carbocycles. The van der Waals surface area contributed by atoms with E-state index in [4.69, 9.17) is 18.5 Å². The minimum atomic E-state index is -4.40. The number of hydrogen-bond acceptors (Lipinski definition) is 7. The molecule has 0 spiro atoms. The van der Waals surface area contributed by atoms with Crippen molar-refractivity contribution in [3.63, 3.8) is 0 Å². The van der Waals surface area contributed by atoms with Crippen LogP contribution in [0.2, 0.25) is 0 Å². The summed E-state index contributed by atoms with van der Waals surface area (Å²) in [6.45, 7) is 4.30. The third-order valence-electron chi connectivity index (χ3n) is 13.3. The van der Waals surface area contributed by atoms with E-state index in [0.29, 0.717) is 17.4 Å². The lowest BCUT2D eigenvalue weighted by Gasteiger charge is -2.24. The SMILES string of the molecule is CC/C=C\C/C=C\C/C=C\C/C=C\C/C=C\C/C=C\CCCCC(=O)OC(COC(=O)CCCCCCCCCCCCCCCCCCCCCCCCCCCCCCC)COP(=O)(O)OCC[N+](C)(C)C. The Bertz CT molecular complexity index is 1480. The quantitative estimate of drug-likeness (QED) is 0.0211. The van der Waals surface area contributed by atoms with E-state index >= 15 is 0 Å². The fourth-order valence-corrected chi connectivity index (χ4v) is 9.29. The molecular weight excluding hydrogens is 942 g/mol. The molecule has 0 amide bonds. The summed E-state index contributed by atoms with van der Waals surface area (Å²) >= 11 is 0. The summed E-state index contributed by atoms with van der Waals surface area (Å²) in [5.74, 6) is -0.842. The van der Waals surface area contributed by atoms with Gasteiger partial charge < -0.3 is 18.9 Å². The molecule has 9 nitrogen and oxygen atoms in total. The standard InChI is InChI=1S/C64H116NO8P/c1-6-8-10-12-14-16-18-20-22-24-26-28-29-30-31-32-33-34-35-37-38-40-42-44-46-48-50-52-54-56-63(66)70-60-62(61-72-74(68,69)71-59-58-65(3,4)5)73-64(67)57-55-53-51-49-47-45-43-41-39-36-27-25-23-21-19-17-15-13-11-9-7-2/h9,11,15,17,21,23,27,36,41,43,47,49,62H,6-8,10,12-14,16,18-20,22,24-26,28-35,37-40,42,44-46,48,50-61H2,1-5H3/p+1/b11-9-,17-15-,23-21-,36-27-,43-41-,49-47-. The number of nitrogens with zero attached hydrogens (tertiary/aromatic N) is 1. The van der Waals surface area contributed by atoms with Crippen LogP contribution in [0, 0.1) is 0 Å². The zero-order valence-corrected chi connectivity index (χ0v) is 49.7. The van der Waals surface area contributed by atoms with Gasteiger partial charge in [0, 0.05) is 12.8 Å². The summed E-state index contributed by atoms with van der Waals surface area (Å²) < 4.78 is 34.5. The maximum Gasteiger partial charge on any atom is 0.472 e. The van der Waals surface area contributed by atoms with Crippen LogP contribution in [0.15, 0.2) is 72.9 Å². The van der Waals surface area contributed by atoms with Crippen LogP contribution in [0.1, 0.15) is 271 Å². The average Bonchev–Trinajstić information content (AvgIpc) is 3.36. The molecule has 0 aliphatic rings. The van der Waals surface area contributed by atoms with Crippen molar-refractivity contribution in [2.45, 2.75) is 277 Å². The Morgan fingerprint density at radius 3 is 1.15 bits per heavy atom. The van der Waals surface area contributed by atoms with Gasteiger partial charge in [0.05, 0.1) is 27.7 Å². The van der Waals surface area contributed by atoms with Crippen molar-refractivity contribution < 1.29 is 42.1 Å². The second kappa shape index (κ2) is 55.2. The molecule has 0 aliphatic heterocycles. The Labute approximate surface area is 457 Å². The van der Waals surface area contributed by atoms with Crippen molar-refractivity contribution in [2.75, 3.05) is 47.5 Å². The van der Waals surface area contributed by atoms with E-state index in [2.05, 4.69) is 86.8 Å². The molecule has 0 saturated heterocycles. The molecule has 1 N–H and O–H groups in total. The van der Waals surface area contributed by atoms with E-state index in [-0.39, 0.29) is 32.0 Å². The summed E-state index contributed by atoms with van der Waals surface area (Å²) in [5.41, 5.74) is 0. The molecule has 2 unspecified atom stereocenters. The monoisotopic (exact) mass is 1060 g/mol. The van der Waals surface area contributed by atoms with Crippen LogP contribution in [0.25, 0.3) is 0 Å². The average molecular weight is 1060 g/mol. The Kier molecular flexibility index (Phi) is 53.3. The fourth-order valence-electron chi connectivity index (χ4n) is 8.55. The minimum Gasteiger partial charge on any atom is -0.462 e. The van der Waals surface area contributed by atoms with Crippen LogP contribution in [0.4, 0.5) is 0 Å². The predicted octanol–water partition coefficient (Wildman–Crippen LogP) is 19.3. The molecule has 0 heterocycles. The smallest absolute Gasteiger partial charge is 0.462 e. The topological polar surface area (TPSA) is 108 Å². The van der Waals surface area contributed by atoms with Gasteiger partial charge in [-0.25, -0.2) is 4.57 Å². The number of rotatable bonds is 56. The molecule has 10 heteroatoms. The van der Waals surface area contributed by atoms with Gasteiger partial charge in [0.2, 0.25) is 0 Å². The van der Waals surface area contributed by atoms with Crippen molar-refractivity contribution in [3.8, 4) is 0 Å². The van der Waals surface area contributed by atoms with Crippen molar-refractivity contribution in [2.24, 2.45) is 0 Å². The number of esters is 2. The normalized spacial score (nSPS) is 13.8. The van der Waals surface area contributed by atoms with Gasteiger partial charge in [0.1, 0.15) is 19.8 Å². The lowest BCUT2D eigenvalue weighted by atomic mass is 10.0. The molecular formula is C64H117NO8P+. The van der Waals surface area contributed by atoms with Crippen molar-refractivity contribution in [3.05, 3.63) is 72.9 Å². The van der Waals surface area contributed by atoms with E-state index in [1.165, 1.54) is 167 Å². The van der Waals surface area contributed by atoms with Crippen LogP contribution in [0.3, 0.4) is 0 Å². The van der Waals surface area contributed by atoms with E-state index < -0.39 is 26.5 Å². The first-order valence-corrected chi connectivity index (χ1v) is 32.2. The van der Waals surface area contributed by atoms with Crippen molar-refractivity contribution in [1.82, 2.24) is 0 Å². The Balaban J connectivity index is 4.13. The number of likely N-dealkylation sites (N-methyl/N-ethyl adjacent to an activating group) is 1. The third kappa shape index (κ3) is 58.7. The van der Waals surface area contributed by atoms with Gasteiger partial charge in [-0.2, -0.15) is 0 Å². The zero-order valence-electron chi connectivity index (χ0n) is 48.8. The van der Waals surface area contributed by atoms with Gasteiger partial charge in [-0.1, -0.05) is 267 Å². The first-order valence-electron chi connectivity index (χ1n) is 30.7. The lowest BCUT2D eigenvalue weighted by Crippen LogP contribution is -2.37. The highest BCUT2D eigenvalue weighted by Gasteiger charge is 2.27. The fraction of sp³-hybridized carbons (Fsp3) is 0.781. The van der Waals surface area contributed by atoms with Crippen LogP contribution < -0.4 is 0 Å². The first-order chi connectivity index (χ1) is 36.0. The molecule has 0 aromatic rings. The second-order valence-corrected chi connectivity index (χ2v) is 23.2. The zero-order chi connectivity index (χ0) is 54.2. The van der Waals surface area contributed by atoms with Crippen molar-refractivity contribution in [1.29, 1.82) is 0 Å². The van der Waals surface area contributed by atoms with E-state index in [9.17, 15) is 19.0 Å². The van der Waals surface area contributed by atoms with Crippen LogP contribution >= 0.6 is 7.82 Å². The summed E-state index contributed by atoms with van der Waals surface area (Å²) in [4.78, 5) is 35.7. The summed E-state index contributed by atoms with van der Waals surface area (Å²) in [6.07, 6.45) is 72.8. The summed E-state index contributed by atoms with van der Waals surface area (Å²) in [6, 6.07) is 0. The third-order valence-corrected chi connectivity index (χ3v) is 14.2. The number of carbonyl (C=O) groups excluding carboxylic acids is 2. The molecule has 0 aromatic heterocycles. The van der Waals surface area contributed by atoms with Gasteiger partial charge in [-0.3, -0.25) is 18.6 Å². The number of allylic oxidation sites excluding steroid dienone is 12. The molecule has 0 radical (unpaired) electrons. The maximum atomic E-state index is 12.8. The largest absolute Gasteiger partial charge is 0.472 e. The van der Waals surface area contributed by atoms with E-state index in [1.54, 1.807) is 0 Å². The number of phosphoric acid groups is 1. The number of phosphoric ester groups is 1. The highest BCUT2D eigenvalue weighted by atomic mass is 31.2. The molecule has 0 aromatic carbocycles. The Morgan fingerprint density at radius 2 is 0.770 bits per heavy atom. The molecule has 0 bridgehead atoms. The molecule has 0 fully saturated rings. The van der Waals surface area contributed by atoms with Crippen molar-refractivity contribution >= 4 is 19.8 Å². The van der Waals surface area contributed by atoms with Crippen LogP contribution in [-0.4, -0.2) is 74.9 Å². The Morgan fingerprint density at radius 1 is 0.432 bits per heavy atom. The van der Waals surface area contributed by atoms with Crippen LogP contribution in [0.5, 0.6) is 0 Å². The number of carbonyl (C=O) groups is 2. The van der Waals surface area contributed by atoms with Crippen LogP contribution in [-0.2, 0) is 32.7 Å². The molecule has 74 heavy (non-hydrogen) atoms. The van der Waals surface area contributed by atoms with Gasteiger partial charge in [0.15, 0.2) is 6.10 Å². The highest BCUT2D eigenvalue weighted by molar-refractivity contribution is 7.47. The van der Waals surface area contributed by atoms with Gasteiger partial charge in [0.25, 0.3) is 0 Å². The lowest BCUT2D eigenvalue weighted by molar-refractivity contribution is -0.870. The van der Waals surface area contributed by atoms with E-state index in [0.717, 1.165) is 70.6 Å². The van der Waals surface area contributed by atoms with Gasteiger partial charge in [-0.15, -0.1) is 0 Å². The predicted molar refractivity (Wildman–Crippen MR) is 316 cm³/mol. The molecule has 0 aliphatic carbocycles.